The third kappa shape index (κ3) is 2.86. The molecule has 22 heavy (non-hydrogen) atoms. The Morgan fingerprint density at radius 1 is 1.45 bits per heavy atom. The third-order valence-corrected chi connectivity index (χ3v) is 4.05. The molecule has 0 aromatic carbocycles. The molecular formula is C16H21N5O. The molecule has 0 radical (unpaired) electrons. The summed E-state index contributed by atoms with van der Waals surface area (Å²) in [6.45, 7) is 2.83. The van der Waals surface area contributed by atoms with E-state index in [9.17, 15) is 4.79 Å². The maximum atomic E-state index is 12.3. The summed E-state index contributed by atoms with van der Waals surface area (Å²) in [5.74, 6) is 0.740. The number of rotatable bonds is 3. The lowest BCUT2D eigenvalue weighted by molar-refractivity contribution is 0.602. The van der Waals surface area contributed by atoms with E-state index in [1.807, 2.05) is 12.2 Å². The van der Waals surface area contributed by atoms with Gasteiger partial charge in [0.2, 0.25) is 0 Å². The van der Waals surface area contributed by atoms with Crippen molar-refractivity contribution < 1.29 is 0 Å². The summed E-state index contributed by atoms with van der Waals surface area (Å²) in [5, 5.41) is 12.6. The van der Waals surface area contributed by atoms with E-state index in [1.165, 1.54) is 0 Å². The van der Waals surface area contributed by atoms with E-state index < -0.39 is 0 Å². The molecule has 1 atom stereocenters. The minimum absolute atomic E-state index is 0.0581. The highest BCUT2D eigenvalue weighted by molar-refractivity contribution is 5.92. The zero-order valence-electron chi connectivity index (χ0n) is 12.8. The number of hydrogen-bond acceptors (Lipinski definition) is 4. The topological polar surface area (TPSA) is 87.4 Å². The SMILES string of the molecule is CCCn1ncc2c(=O)[nH]c(C3C=CC(=N)CCCC3)nc21. The number of allylic oxidation sites excluding steroid dienone is 2. The van der Waals surface area contributed by atoms with E-state index in [0.29, 0.717) is 22.6 Å². The Morgan fingerprint density at radius 3 is 3.14 bits per heavy atom. The molecule has 1 aliphatic rings. The fraction of sp³-hybridized carbons (Fsp3) is 0.500. The molecule has 0 spiro atoms. The summed E-state index contributed by atoms with van der Waals surface area (Å²) >= 11 is 0. The first kappa shape index (κ1) is 14.7. The van der Waals surface area contributed by atoms with E-state index in [4.69, 9.17) is 5.41 Å². The monoisotopic (exact) mass is 299 g/mol. The van der Waals surface area contributed by atoms with Gasteiger partial charge in [0.1, 0.15) is 11.2 Å². The predicted octanol–water partition coefficient (Wildman–Crippen LogP) is 2.76. The van der Waals surface area contributed by atoms with Crippen LogP contribution in [-0.2, 0) is 6.54 Å². The number of H-pyrrole nitrogens is 1. The zero-order chi connectivity index (χ0) is 15.5. The third-order valence-electron chi connectivity index (χ3n) is 4.05. The number of hydrogen-bond donors (Lipinski definition) is 2. The fourth-order valence-corrected chi connectivity index (χ4v) is 2.85. The number of fused-ring (bicyclic) bond motifs is 1. The van der Waals surface area contributed by atoms with Crippen molar-refractivity contribution in [2.45, 2.75) is 51.5 Å². The van der Waals surface area contributed by atoms with Crippen LogP contribution in [0, 0.1) is 5.41 Å². The maximum absolute atomic E-state index is 12.3. The highest BCUT2D eigenvalue weighted by Gasteiger charge is 2.16. The predicted molar refractivity (Wildman–Crippen MR) is 86.5 cm³/mol. The standard InChI is InChI=1S/C16H21N5O/c1-2-9-21-15-13(10-18-21)16(22)20-14(19-15)11-5-3-4-6-12(17)8-7-11/h7-8,10-11,17H,2-6,9H2,1H3,(H,19,20,22). The van der Waals surface area contributed by atoms with Gasteiger partial charge in [0.25, 0.3) is 5.56 Å². The molecule has 116 valence electrons. The highest BCUT2D eigenvalue weighted by atomic mass is 16.1. The Hall–Kier alpha value is -2.24. The molecule has 0 fully saturated rings. The molecule has 6 heteroatoms. The van der Waals surface area contributed by atoms with Gasteiger partial charge in [-0.25, -0.2) is 9.67 Å². The first-order chi connectivity index (χ1) is 10.7. The van der Waals surface area contributed by atoms with Gasteiger partial charge < -0.3 is 10.4 Å². The number of aromatic nitrogens is 4. The van der Waals surface area contributed by atoms with Crippen molar-refractivity contribution in [2.24, 2.45) is 0 Å². The van der Waals surface area contributed by atoms with Crippen LogP contribution >= 0.6 is 0 Å². The second kappa shape index (κ2) is 6.25. The van der Waals surface area contributed by atoms with Crippen LogP contribution in [0.25, 0.3) is 11.0 Å². The minimum atomic E-state index is -0.132. The molecule has 0 saturated heterocycles. The van der Waals surface area contributed by atoms with Gasteiger partial charge in [0.15, 0.2) is 5.65 Å². The van der Waals surface area contributed by atoms with Gasteiger partial charge in [0.05, 0.1) is 6.20 Å². The van der Waals surface area contributed by atoms with Gasteiger partial charge in [-0.1, -0.05) is 19.4 Å². The molecule has 2 heterocycles. The van der Waals surface area contributed by atoms with Crippen molar-refractivity contribution in [2.75, 3.05) is 0 Å². The molecule has 3 rings (SSSR count). The van der Waals surface area contributed by atoms with Gasteiger partial charge in [-0.05, 0) is 31.8 Å². The summed E-state index contributed by atoms with van der Waals surface area (Å²) in [6.07, 6.45) is 10.2. The van der Waals surface area contributed by atoms with Crippen LogP contribution in [0.3, 0.4) is 0 Å². The van der Waals surface area contributed by atoms with Crippen LogP contribution in [0.2, 0.25) is 0 Å². The highest BCUT2D eigenvalue weighted by Crippen LogP contribution is 2.23. The Morgan fingerprint density at radius 2 is 2.32 bits per heavy atom. The van der Waals surface area contributed by atoms with E-state index in [0.717, 1.165) is 38.6 Å². The molecule has 2 aromatic heterocycles. The normalized spacial score (nSPS) is 19.3. The molecule has 1 unspecified atom stereocenters. The van der Waals surface area contributed by atoms with Crippen LogP contribution in [-0.4, -0.2) is 25.5 Å². The summed E-state index contributed by atoms with van der Waals surface area (Å²) in [4.78, 5) is 19.8. The molecule has 2 N–H and O–H groups in total. The number of nitrogens with zero attached hydrogens (tertiary/aromatic N) is 3. The van der Waals surface area contributed by atoms with Crippen LogP contribution in [0.5, 0.6) is 0 Å². The van der Waals surface area contributed by atoms with Crippen LogP contribution in [0.4, 0.5) is 0 Å². The molecule has 2 aromatic rings. The van der Waals surface area contributed by atoms with Crippen LogP contribution < -0.4 is 5.56 Å². The van der Waals surface area contributed by atoms with E-state index in [-0.39, 0.29) is 11.5 Å². The lowest BCUT2D eigenvalue weighted by atomic mass is 9.95. The van der Waals surface area contributed by atoms with Crippen molar-refractivity contribution in [1.29, 1.82) is 5.41 Å². The molecule has 0 bridgehead atoms. The average molecular weight is 299 g/mol. The smallest absolute Gasteiger partial charge is 0.262 e. The summed E-state index contributed by atoms with van der Waals surface area (Å²) < 4.78 is 1.79. The molecule has 6 nitrogen and oxygen atoms in total. The average Bonchev–Trinajstić information content (AvgIpc) is 2.88. The summed E-state index contributed by atoms with van der Waals surface area (Å²) in [5.41, 5.74) is 1.17. The van der Waals surface area contributed by atoms with Gasteiger partial charge in [-0.3, -0.25) is 4.79 Å². The van der Waals surface area contributed by atoms with Gasteiger partial charge in [-0.2, -0.15) is 5.10 Å². The van der Waals surface area contributed by atoms with Crippen LogP contribution in [0.1, 0.15) is 50.8 Å². The van der Waals surface area contributed by atoms with Crippen molar-refractivity contribution in [1.82, 2.24) is 19.7 Å². The second-order valence-electron chi connectivity index (χ2n) is 5.79. The van der Waals surface area contributed by atoms with Gasteiger partial charge >= 0.3 is 0 Å². The Bertz CT molecular complexity index is 770. The Kier molecular flexibility index (Phi) is 4.18. The maximum Gasteiger partial charge on any atom is 0.262 e. The van der Waals surface area contributed by atoms with Crippen molar-refractivity contribution >= 4 is 16.7 Å². The zero-order valence-corrected chi connectivity index (χ0v) is 12.8. The van der Waals surface area contributed by atoms with Crippen molar-refractivity contribution in [3.05, 3.63) is 34.5 Å². The first-order valence-electron chi connectivity index (χ1n) is 7.90. The lowest BCUT2D eigenvalue weighted by Crippen LogP contribution is -2.16. The van der Waals surface area contributed by atoms with Gasteiger partial charge in [0, 0.05) is 18.2 Å². The van der Waals surface area contributed by atoms with Crippen molar-refractivity contribution in [3.63, 3.8) is 0 Å². The molecular weight excluding hydrogens is 278 g/mol. The lowest BCUT2D eigenvalue weighted by Gasteiger charge is -2.15. The first-order valence-corrected chi connectivity index (χ1v) is 7.90. The molecule has 0 amide bonds. The Labute approximate surface area is 128 Å². The van der Waals surface area contributed by atoms with Gasteiger partial charge in [-0.15, -0.1) is 0 Å². The largest absolute Gasteiger partial charge is 0.309 e. The Balaban J connectivity index is 2.04. The number of aromatic amines is 1. The van der Waals surface area contributed by atoms with E-state index in [1.54, 1.807) is 10.9 Å². The number of nitrogens with one attached hydrogen (secondary N) is 2. The number of aryl methyl sites for hydroxylation is 1. The summed E-state index contributed by atoms with van der Waals surface area (Å²) in [6, 6.07) is 0. The fourth-order valence-electron chi connectivity index (χ4n) is 2.85. The quantitative estimate of drug-likeness (QED) is 0.913. The minimum Gasteiger partial charge on any atom is -0.309 e. The molecule has 1 aliphatic carbocycles. The molecule has 0 saturated carbocycles. The van der Waals surface area contributed by atoms with E-state index >= 15 is 0 Å². The second-order valence-corrected chi connectivity index (χ2v) is 5.79. The summed E-state index contributed by atoms with van der Waals surface area (Å²) in [7, 11) is 0. The molecule has 0 aliphatic heterocycles. The van der Waals surface area contributed by atoms with Crippen LogP contribution in [0.15, 0.2) is 23.1 Å². The van der Waals surface area contributed by atoms with E-state index in [2.05, 4.69) is 22.0 Å². The van der Waals surface area contributed by atoms with Crippen molar-refractivity contribution in [3.8, 4) is 0 Å².